The van der Waals surface area contributed by atoms with E-state index in [1.807, 2.05) is 36.4 Å². The number of benzene rings is 2. The summed E-state index contributed by atoms with van der Waals surface area (Å²) in [6, 6.07) is 16.4. The normalized spacial score (nSPS) is 10.5. The maximum Gasteiger partial charge on any atom is 0.376 e. The van der Waals surface area contributed by atoms with E-state index < -0.39 is 5.97 Å². The van der Waals surface area contributed by atoms with Crippen LogP contribution in [0.5, 0.6) is 0 Å². The van der Waals surface area contributed by atoms with Crippen LogP contribution in [-0.4, -0.2) is 27.8 Å². The molecule has 0 spiro atoms. The van der Waals surface area contributed by atoms with Crippen LogP contribution in [0.1, 0.15) is 10.6 Å². The van der Waals surface area contributed by atoms with Gasteiger partial charge in [0.15, 0.2) is 5.82 Å². The van der Waals surface area contributed by atoms with E-state index in [1.54, 1.807) is 18.2 Å². The summed E-state index contributed by atoms with van der Waals surface area (Å²) in [6.45, 7) is 0. The monoisotopic (exact) mass is 313 g/mol. The Labute approximate surface area is 132 Å². The first-order valence-electron chi connectivity index (χ1n) is 6.56. The minimum Gasteiger partial charge on any atom is -0.463 e. The molecule has 3 rings (SSSR count). The van der Waals surface area contributed by atoms with Crippen molar-refractivity contribution in [1.82, 2.24) is 14.8 Å². The highest BCUT2D eigenvalue weighted by Gasteiger charge is 2.20. The second kappa shape index (κ2) is 5.99. The molecule has 0 fully saturated rings. The molecule has 3 aromatic rings. The molecule has 0 aliphatic rings. The van der Waals surface area contributed by atoms with Crippen molar-refractivity contribution in [2.45, 2.75) is 0 Å². The molecule has 0 N–H and O–H groups in total. The first-order chi connectivity index (χ1) is 10.7. The molecule has 0 radical (unpaired) electrons. The molecule has 1 aromatic heterocycles. The lowest BCUT2D eigenvalue weighted by molar-refractivity contribution is 0.0583. The largest absolute Gasteiger partial charge is 0.463 e. The fourth-order valence-electron chi connectivity index (χ4n) is 2.03. The predicted molar refractivity (Wildman–Crippen MR) is 83.1 cm³/mol. The number of para-hydroxylation sites is 1. The Morgan fingerprint density at radius 2 is 1.91 bits per heavy atom. The highest BCUT2D eigenvalue weighted by molar-refractivity contribution is 6.30. The van der Waals surface area contributed by atoms with Crippen molar-refractivity contribution in [1.29, 1.82) is 0 Å². The number of carbonyl (C=O) groups excluding carboxylic acids is 1. The summed E-state index contributed by atoms with van der Waals surface area (Å²) in [6.07, 6.45) is 0. The summed E-state index contributed by atoms with van der Waals surface area (Å²) in [5, 5.41) is 4.98. The van der Waals surface area contributed by atoms with Crippen molar-refractivity contribution in [2.75, 3.05) is 7.11 Å². The number of aromatic nitrogens is 3. The molecular formula is C16H12ClN3O2. The summed E-state index contributed by atoms with van der Waals surface area (Å²) >= 11 is 5.99. The van der Waals surface area contributed by atoms with E-state index in [4.69, 9.17) is 16.3 Å². The molecule has 110 valence electrons. The number of rotatable bonds is 3. The van der Waals surface area contributed by atoms with E-state index in [1.165, 1.54) is 11.8 Å². The first-order valence-corrected chi connectivity index (χ1v) is 6.93. The third-order valence-electron chi connectivity index (χ3n) is 3.06. The van der Waals surface area contributed by atoms with E-state index in [0.29, 0.717) is 10.8 Å². The Bertz CT molecular complexity index is 815. The van der Waals surface area contributed by atoms with Crippen LogP contribution in [0.25, 0.3) is 17.1 Å². The molecule has 0 atom stereocenters. The third-order valence-corrected chi connectivity index (χ3v) is 3.29. The zero-order valence-electron chi connectivity index (χ0n) is 11.7. The van der Waals surface area contributed by atoms with E-state index in [-0.39, 0.29) is 5.82 Å². The van der Waals surface area contributed by atoms with Crippen LogP contribution < -0.4 is 0 Å². The molecule has 0 aliphatic carbocycles. The van der Waals surface area contributed by atoms with Gasteiger partial charge in [0, 0.05) is 10.6 Å². The highest BCUT2D eigenvalue weighted by Crippen LogP contribution is 2.21. The van der Waals surface area contributed by atoms with Gasteiger partial charge in [-0.1, -0.05) is 41.9 Å². The van der Waals surface area contributed by atoms with Gasteiger partial charge in [0.05, 0.1) is 12.8 Å². The summed E-state index contributed by atoms with van der Waals surface area (Å²) in [7, 11) is 1.31. The maximum atomic E-state index is 11.9. The van der Waals surface area contributed by atoms with Crippen molar-refractivity contribution in [3.05, 3.63) is 65.4 Å². The van der Waals surface area contributed by atoms with Gasteiger partial charge in [0.25, 0.3) is 0 Å². The van der Waals surface area contributed by atoms with Crippen LogP contribution in [0, 0.1) is 0 Å². The quantitative estimate of drug-likeness (QED) is 0.696. The number of halogens is 1. The Hall–Kier alpha value is -2.66. The Morgan fingerprint density at radius 1 is 1.14 bits per heavy atom. The van der Waals surface area contributed by atoms with Gasteiger partial charge in [-0.3, -0.25) is 0 Å². The molecule has 0 amide bonds. The number of hydrogen-bond donors (Lipinski definition) is 0. The Balaban J connectivity index is 2.15. The van der Waals surface area contributed by atoms with Crippen LogP contribution >= 0.6 is 11.6 Å². The standard InChI is InChI=1S/C16H12ClN3O2/c1-22-16(21)15-18-14(11-6-5-7-12(17)10-11)19-20(15)13-8-3-2-4-9-13/h2-10H,1H3. The smallest absolute Gasteiger partial charge is 0.376 e. The van der Waals surface area contributed by atoms with Crippen molar-refractivity contribution in [2.24, 2.45) is 0 Å². The number of ether oxygens (including phenoxy) is 1. The second-order valence-corrected chi connectivity index (χ2v) is 4.94. The van der Waals surface area contributed by atoms with Crippen LogP contribution in [0.2, 0.25) is 5.02 Å². The lowest BCUT2D eigenvalue weighted by Crippen LogP contribution is -2.11. The van der Waals surface area contributed by atoms with Gasteiger partial charge in [0.1, 0.15) is 0 Å². The molecule has 1 heterocycles. The zero-order chi connectivity index (χ0) is 15.5. The molecule has 2 aromatic carbocycles. The van der Waals surface area contributed by atoms with Gasteiger partial charge in [-0.25, -0.2) is 14.5 Å². The summed E-state index contributed by atoms with van der Waals surface area (Å²) < 4.78 is 6.24. The van der Waals surface area contributed by atoms with Crippen molar-refractivity contribution in [3.63, 3.8) is 0 Å². The molecule has 5 nitrogen and oxygen atoms in total. The summed E-state index contributed by atoms with van der Waals surface area (Å²) in [5.74, 6) is -0.0277. The fourth-order valence-corrected chi connectivity index (χ4v) is 2.22. The maximum absolute atomic E-state index is 11.9. The van der Waals surface area contributed by atoms with Gasteiger partial charge in [-0.2, -0.15) is 0 Å². The average Bonchev–Trinajstić information content (AvgIpc) is 3.00. The Morgan fingerprint density at radius 3 is 2.59 bits per heavy atom. The lowest BCUT2D eigenvalue weighted by Gasteiger charge is -2.03. The van der Waals surface area contributed by atoms with Crippen LogP contribution in [0.4, 0.5) is 0 Å². The topological polar surface area (TPSA) is 57.0 Å². The molecule has 0 unspecified atom stereocenters. The molecule has 0 saturated heterocycles. The van der Waals surface area contributed by atoms with E-state index >= 15 is 0 Å². The number of esters is 1. The zero-order valence-corrected chi connectivity index (χ0v) is 12.5. The number of carbonyl (C=O) groups is 1. The fraction of sp³-hybridized carbons (Fsp3) is 0.0625. The van der Waals surface area contributed by atoms with Gasteiger partial charge < -0.3 is 4.74 Å². The van der Waals surface area contributed by atoms with Gasteiger partial charge in [-0.05, 0) is 24.3 Å². The average molecular weight is 314 g/mol. The summed E-state index contributed by atoms with van der Waals surface area (Å²) in [4.78, 5) is 16.2. The SMILES string of the molecule is COC(=O)c1nc(-c2cccc(Cl)c2)nn1-c1ccccc1. The molecule has 0 saturated carbocycles. The van der Waals surface area contributed by atoms with Crippen molar-refractivity contribution in [3.8, 4) is 17.1 Å². The van der Waals surface area contributed by atoms with E-state index in [2.05, 4.69) is 10.1 Å². The molecule has 22 heavy (non-hydrogen) atoms. The van der Waals surface area contributed by atoms with Gasteiger partial charge >= 0.3 is 5.97 Å². The molecular weight excluding hydrogens is 302 g/mol. The van der Waals surface area contributed by atoms with Crippen molar-refractivity contribution >= 4 is 17.6 Å². The molecule has 0 bridgehead atoms. The second-order valence-electron chi connectivity index (χ2n) is 4.51. The number of methoxy groups -OCH3 is 1. The minimum atomic E-state index is -0.551. The highest BCUT2D eigenvalue weighted by atomic mass is 35.5. The van der Waals surface area contributed by atoms with Crippen molar-refractivity contribution < 1.29 is 9.53 Å². The molecule has 0 aliphatic heterocycles. The van der Waals surface area contributed by atoms with E-state index in [9.17, 15) is 4.79 Å². The van der Waals surface area contributed by atoms with E-state index in [0.717, 1.165) is 11.3 Å². The van der Waals surface area contributed by atoms with Gasteiger partial charge in [0.2, 0.25) is 5.82 Å². The number of nitrogens with zero attached hydrogens (tertiary/aromatic N) is 3. The Kier molecular flexibility index (Phi) is 3.89. The van der Waals surface area contributed by atoms with Crippen LogP contribution in [-0.2, 0) is 4.74 Å². The lowest BCUT2D eigenvalue weighted by atomic mass is 10.2. The van der Waals surface area contributed by atoms with Crippen LogP contribution in [0.15, 0.2) is 54.6 Å². The molecule has 6 heteroatoms. The first kappa shape index (κ1) is 14.3. The number of hydrogen-bond acceptors (Lipinski definition) is 4. The predicted octanol–water partition coefficient (Wildman–Crippen LogP) is 3.37. The summed E-state index contributed by atoms with van der Waals surface area (Å²) in [5.41, 5.74) is 1.45. The third kappa shape index (κ3) is 2.71. The minimum absolute atomic E-state index is 0.115. The van der Waals surface area contributed by atoms with Gasteiger partial charge in [-0.15, -0.1) is 5.10 Å². The van der Waals surface area contributed by atoms with Crippen LogP contribution in [0.3, 0.4) is 0 Å².